The number of fused-ring (bicyclic) bond motifs is 1. The van der Waals surface area contributed by atoms with Gasteiger partial charge in [0.1, 0.15) is 5.52 Å². The van der Waals surface area contributed by atoms with Crippen LogP contribution in [0.2, 0.25) is 5.02 Å². The number of rotatable bonds is 6. The van der Waals surface area contributed by atoms with Gasteiger partial charge >= 0.3 is 12.1 Å². The number of furan rings is 1. The zero-order valence-corrected chi connectivity index (χ0v) is 16.5. The fraction of sp³-hybridized carbons (Fsp3) is 0.263. The van der Waals surface area contributed by atoms with Gasteiger partial charge in [0, 0.05) is 16.7 Å². The maximum atomic E-state index is 12.5. The molecule has 1 aromatic carbocycles. The third-order valence-electron chi connectivity index (χ3n) is 3.77. The van der Waals surface area contributed by atoms with Crippen molar-refractivity contribution in [1.29, 1.82) is 0 Å². The fourth-order valence-corrected chi connectivity index (χ4v) is 2.59. The monoisotopic (exact) mass is 419 g/mol. The van der Waals surface area contributed by atoms with Crippen LogP contribution in [0.15, 0.2) is 34.7 Å². The average molecular weight is 420 g/mol. The molecular weight excluding hydrogens is 402 g/mol. The molecule has 0 aliphatic rings. The molecule has 3 rings (SSSR count). The molecule has 0 fully saturated rings. The maximum Gasteiger partial charge on any atom is 0.435 e. The summed E-state index contributed by atoms with van der Waals surface area (Å²) >= 11 is 5.83. The van der Waals surface area contributed by atoms with Gasteiger partial charge in [-0.3, -0.25) is 4.79 Å². The second kappa shape index (κ2) is 8.78. The number of ether oxygens (including phenoxy) is 2. The van der Waals surface area contributed by atoms with E-state index in [2.05, 4.69) is 10.4 Å². The zero-order chi connectivity index (χ0) is 21.0. The Morgan fingerprint density at radius 1 is 1.17 bits per heavy atom. The SMILES string of the molecule is CCCOC(=O)c1cc2c(o1)c(NC(=O)c1ccc(Cl)cc1)nn2C(=O)OCC. The van der Waals surface area contributed by atoms with Gasteiger partial charge in [-0.05, 0) is 37.6 Å². The number of carbonyl (C=O) groups is 3. The van der Waals surface area contributed by atoms with Crippen molar-refractivity contribution >= 4 is 46.5 Å². The van der Waals surface area contributed by atoms with E-state index in [1.54, 1.807) is 19.1 Å². The number of halogens is 1. The van der Waals surface area contributed by atoms with Crippen molar-refractivity contribution in [1.82, 2.24) is 9.78 Å². The van der Waals surface area contributed by atoms with Gasteiger partial charge in [-0.2, -0.15) is 4.68 Å². The van der Waals surface area contributed by atoms with E-state index >= 15 is 0 Å². The highest BCUT2D eigenvalue weighted by molar-refractivity contribution is 6.30. The molecule has 9 nitrogen and oxygen atoms in total. The standard InChI is InChI=1S/C19H18ClN3O6/c1-3-9-28-18(25)14-10-13-15(29-14)16(22-23(13)19(26)27-4-2)21-17(24)11-5-7-12(20)8-6-11/h5-8,10H,3-4,9H2,1-2H3,(H,21,22,24). The minimum absolute atomic E-state index is 0.0393. The Labute approximate surface area is 170 Å². The summed E-state index contributed by atoms with van der Waals surface area (Å²) in [6, 6.07) is 7.52. The molecule has 1 N–H and O–H groups in total. The third kappa shape index (κ3) is 4.40. The number of aromatic nitrogens is 2. The molecular formula is C19H18ClN3O6. The van der Waals surface area contributed by atoms with E-state index in [9.17, 15) is 14.4 Å². The molecule has 0 radical (unpaired) electrons. The number of carbonyl (C=O) groups excluding carboxylic acids is 3. The summed E-state index contributed by atoms with van der Waals surface area (Å²) in [4.78, 5) is 36.8. The van der Waals surface area contributed by atoms with Gasteiger partial charge in [0.05, 0.1) is 13.2 Å². The van der Waals surface area contributed by atoms with E-state index in [4.69, 9.17) is 25.5 Å². The number of hydrogen-bond acceptors (Lipinski definition) is 7. The highest BCUT2D eigenvalue weighted by atomic mass is 35.5. The summed E-state index contributed by atoms with van der Waals surface area (Å²) in [6.07, 6.45) is -0.135. The maximum absolute atomic E-state index is 12.5. The minimum Gasteiger partial charge on any atom is -0.460 e. The molecule has 0 unspecified atom stereocenters. The predicted octanol–water partition coefficient (Wildman–Crippen LogP) is 4.11. The lowest BCUT2D eigenvalue weighted by Crippen LogP contribution is -2.17. The molecule has 0 aliphatic carbocycles. The van der Waals surface area contributed by atoms with Crippen LogP contribution in [0.4, 0.5) is 10.6 Å². The van der Waals surface area contributed by atoms with E-state index in [0.29, 0.717) is 17.0 Å². The second-order valence-corrected chi connectivity index (χ2v) is 6.32. The summed E-state index contributed by atoms with van der Waals surface area (Å²) in [6.45, 7) is 3.84. The van der Waals surface area contributed by atoms with E-state index in [1.165, 1.54) is 18.2 Å². The topological polar surface area (TPSA) is 113 Å². The Bertz CT molecular complexity index is 1050. The van der Waals surface area contributed by atoms with E-state index < -0.39 is 18.0 Å². The number of anilines is 1. The summed E-state index contributed by atoms with van der Waals surface area (Å²) in [7, 11) is 0. The number of amides is 1. The van der Waals surface area contributed by atoms with Crippen molar-refractivity contribution < 1.29 is 28.3 Å². The van der Waals surface area contributed by atoms with Crippen LogP contribution in [0.3, 0.4) is 0 Å². The van der Waals surface area contributed by atoms with Gasteiger partial charge in [0.15, 0.2) is 11.4 Å². The Balaban J connectivity index is 1.97. The van der Waals surface area contributed by atoms with Gasteiger partial charge in [0.25, 0.3) is 5.91 Å². The van der Waals surface area contributed by atoms with Gasteiger partial charge in [-0.1, -0.05) is 18.5 Å². The smallest absolute Gasteiger partial charge is 0.435 e. The van der Waals surface area contributed by atoms with Crippen LogP contribution < -0.4 is 5.32 Å². The molecule has 2 heterocycles. The molecule has 0 spiro atoms. The molecule has 1 amide bonds. The summed E-state index contributed by atoms with van der Waals surface area (Å²) in [5.74, 6) is -1.34. The lowest BCUT2D eigenvalue weighted by Gasteiger charge is -2.03. The van der Waals surface area contributed by atoms with Crippen LogP contribution in [-0.2, 0) is 9.47 Å². The number of esters is 1. The number of hydrogen-bond donors (Lipinski definition) is 1. The molecule has 0 aliphatic heterocycles. The first-order valence-electron chi connectivity index (χ1n) is 8.88. The summed E-state index contributed by atoms with van der Waals surface area (Å²) in [5, 5.41) is 7.10. The van der Waals surface area contributed by atoms with Crippen molar-refractivity contribution in [2.75, 3.05) is 18.5 Å². The normalized spacial score (nSPS) is 10.7. The molecule has 152 valence electrons. The minimum atomic E-state index is -0.779. The van der Waals surface area contributed by atoms with E-state index in [-0.39, 0.29) is 35.9 Å². The Kier molecular flexibility index (Phi) is 6.18. The molecule has 2 aromatic heterocycles. The molecule has 0 saturated carbocycles. The predicted molar refractivity (Wildman–Crippen MR) is 104 cm³/mol. The van der Waals surface area contributed by atoms with Crippen molar-refractivity contribution in [3.8, 4) is 0 Å². The van der Waals surface area contributed by atoms with Crippen molar-refractivity contribution in [2.45, 2.75) is 20.3 Å². The largest absolute Gasteiger partial charge is 0.460 e. The molecule has 10 heteroatoms. The van der Waals surface area contributed by atoms with Gasteiger partial charge in [0.2, 0.25) is 5.76 Å². The lowest BCUT2D eigenvalue weighted by atomic mass is 10.2. The number of nitrogens with zero attached hydrogens (tertiary/aromatic N) is 2. The number of benzene rings is 1. The Morgan fingerprint density at radius 3 is 2.55 bits per heavy atom. The summed E-state index contributed by atoms with van der Waals surface area (Å²) in [5.41, 5.74) is 0.532. The van der Waals surface area contributed by atoms with Crippen LogP contribution in [0.1, 0.15) is 41.2 Å². The number of nitrogens with one attached hydrogen (secondary N) is 1. The van der Waals surface area contributed by atoms with Crippen LogP contribution >= 0.6 is 11.6 Å². The average Bonchev–Trinajstić information content (AvgIpc) is 3.27. The fourth-order valence-electron chi connectivity index (χ4n) is 2.46. The quantitative estimate of drug-likeness (QED) is 0.598. The first kappa shape index (κ1) is 20.4. The zero-order valence-electron chi connectivity index (χ0n) is 15.7. The van der Waals surface area contributed by atoms with Crippen LogP contribution in [0, 0.1) is 0 Å². The molecule has 3 aromatic rings. The van der Waals surface area contributed by atoms with Crippen LogP contribution in [-0.4, -0.2) is 41.0 Å². The summed E-state index contributed by atoms with van der Waals surface area (Å²) < 4.78 is 16.4. The third-order valence-corrected chi connectivity index (χ3v) is 4.03. The highest BCUT2D eigenvalue weighted by Gasteiger charge is 2.25. The molecule has 0 bridgehead atoms. The molecule has 0 saturated heterocycles. The Hall–Kier alpha value is -3.33. The van der Waals surface area contributed by atoms with Crippen LogP contribution in [0.25, 0.3) is 11.1 Å². The van der Waals surface area contributed by atoms with Crippen molar-refractivity contribution in [3.63, 3.8) is 0 Å². The Morgan fingerprint density at radius 2 is 1.90 bits per heavy atom. The van der Waals surface area contributed by atoms with E-state index in [0.717, 1.165) is 4.68 Å². The van der Waals surface area contributed by atoms with Gasteiger partial charge in [-0.25, -0.2) is 9.59 Å². The van der Waals surface area contributed by atoms with Crippen LogP contribution in [0.5, 0.6) is 0 Å². The van der Waals surface area contributed by atoms with Crippen molar-refractivity contribution in [2.24, 2.45) is 0 Å². The lowest BCUT2D eigenvalue weighted by molar-refractivity contribution is 0.0471. The first-order chi connectivity index (χ1) is 13.9. The van der Waals surface area contributed by atoms with Gasteiger partial charge in [-0.15, -0.1) is 5.10 Å². The highest BCUT2D eigenvalue weighted by Crippen LogP contribution is 2.28. The van der Waals surface area contributed by atoms with Gasteiger partial charge < -0.3 is 19.2 Å². The second-order valence-electron chi connectivity index (χ2n) is 5.88. The first-order valence-corrected chi connectivity index (χ1v) is 9.26. The molecule has 29 heavy (non-hydrogen) atoms. The molecule has 0 atom stereocenters. The van der Waals surface area contributed by atoms with E-state index in [1.807, 2.05) is 6.92 Å². The van der Waals surface area contributed by atoms with Crippen molar-refractivity contribution in [3.05, 3.63) is 46.7 Å².